The molecule has 0 aliphatic carbocycles. The first-order valence-electron chi connectivity index (χ1n) is 8.00. The molecule has 0 unspecified atom stereocenters. The van der Waals surface area contributed by atoms with Gasteiger partial charge in [-0.1, -0.05) is 62.0 Å². The number of hydrogen-bond acceptors (Lipinski definition) is 2. The fraction of sp³-hybridized carbons (Fsp3) is 0.143. The van der Waals surface area contributed by atoms with Crippen LogP contribution >= 0.6 is 11.8 Å². The van der Waals surface area contributed by atoms with Gasteiger partial charge < -0.3 is 4.90 Å². The van der Waals surface area contributed by atoms with Crippen molar-refractivity contribution >= 4 is 28.8 Å². The molecule has 2 heteroatoms. The molecule has 0 saturated heterocycles. The van der Waals surface area contributed by atoms with Crippen molar-refractivity contribution < 1.29 is 0 Å². The van der Waals surface area contributed by atoms with Gasteiger partial charge in [0.1, 0.15) is 0 Å². The maximum atomic E-state index is 2.37. The highest BCUT2D eigenvalue weighted by atomic mass is 32.2. The molecule has 0 atom stereocenters. The number of benzene rings is 3. The van der Waals surface area contributed by atoms with Gasteiger partial charge in [0.15, 0.2) is 0 Å². The zero-order chi connectivity index (χ0) is 15.8. The molecular weight excluding hydrogens is 298 g/mol. The predicted octanol–water partition coefficient (Wildman–Crippen LogP) is 6.74. The molecule has 3 aromatic rings. The molecule has 3 aromatic carbocycles. The lowest BCUT2D eigenvalue weighted by atomic mass is 10.0. The van der Waals surface area contributed by atoms with E-state index in [4.69, 9.17) is 0 Å². The van der Waals surface area contributed by atoms with Crippen LogP contribution < -0.4 is 4.90 Å². The summed E-state index contributed by atoms with van der Waals surface area (Å²) in [6.07, 6.45) is 0. The smallest absolute Gasteiger partial charge is 0.0601 e. The normalized spacial score (nSPS) is 12.9. The summed E-state index contributed by atoms with van der Waals surface area (Å²) in [6.45, 7) is 4.47. The van der Waals surface area contributed by atoms with Crippen LogP contribution in [0.1, 0.15) is 25.3 Å². The van der Waals surface area contributed by atoms with E-state index in [9.17, 15) is 0 Å². The van der Waals surface area contributed by atoms with E-state index in [1.54, 1.807) is 0 Å². The highest BCUT2D eigenvalue weighted by Gasteiger charge is 2.23. The average molecular weight is 317 g/mol. The number of fused-ring (bicyclic) bond motifs is 2. The summed E-state index contributed by atoms with van der Waals surface area (Å²) in [5, 5.41) is 0. The van der Waals surface area contributed by atoms with Gasteiger partial charge in [0.2, 0.25) is 0 Å². The van der Waals surface area contributed by atoms with Crippen molar-refractivity contribution in [3.05, 3.63) is 78.4 Å². The van der Waals surface area contributed by atoms with Gasteiger partial charge in [-0.25, -0.2) is 0 Å². The highest BCUT2D eigenvalue weighted by molar-refractivity contribution is 7.99. The lowest BCUT2D eigenvalue weighted by Crippen LogP contribution is -2.14. The molecule has 0 amide bonds. The van der Waals surface area contributed by atoms with Crippen LogP contribution in [0.4, 0.5) is 17.1 Å². The van der Waals surface area contributed by atoms with Crippen molar-refractivity contribution in [1.82, 2.24) is 0 Å². The van der Waals surface area contributed by atoms with Crippen molar-refractivity contribution in [2.75, 3.05) is 4.90 Å². The Kier molecular flexibility index (Phi) is 3.62. The molecule has 0 aromatic heterocycles. The van der Waals surface area contributed by atoms with Gasteiger partial charge in [0.05, 0.1) is 11.4 Å². The lowest BCUT2D eigenvalue weighted by Gasteiger charge is -2.33. The minimum atomic E-state index is 0.556. The molecule has 0 bridgehead atoms. The van der Waals surface area contributed by atoms with Crippen LogP contribution in [-0.2, 0) is 0 Å². The molecule has 114 valence electrons. The Morgan fingerprint density at radius 3 is 1.74 bits per heavy atom. The fourth-order valence-corrected chi connectivity index (χ4v) is 4.05. The Balaban J connectivity index is 1.87. The molecule has 0 radical (unpaired) electrons. The van der Waals surface area contributed by atoms with Crippen molar-refractivity contribution in [1.29, 1.82) is 0 Å². The van der Waals surface area contributed by atoms with Crippen LogP contribution in [0.15, 0.2) is 82.6 Å². The van der Waals surface area contributed by atoms with Crippen LogP contribution in [0, 0.1) is 0 Å². The average Bonchev–Trinajstić information content (AvgIpc) is 2.59. The number of nitrogens with zero attached hydrogens (tertiary/aromatic N) is 1. The van der Waals surface area contributed by atoms with E-state index in [1.165, 1.54) is 32.4 Å². The van der Waals surface area contributed by atoms with Crippen LogP contribution in [0.25, 0.3) is 0 Å². The summed E-state index contributed by atoms with van der Waals surface area (Å²) in [6, 6.07) is 26.2. The molecule has 23 heavy (non-hydrogen) atoms. The number of hydrogen-bond donors (Lipinski definition) is 0. The molecule has 0 N–H and O–H groups in total. The zero-order valence-corrected chi connectivity index (χ0v) is 14.2. The Hall–Kier alpha value is -2.19. The SMILES string of the molecule is CC(C)c1ccc(N2c3ccccc3Sc3ccccc32)cc1. The van der Waals surface area contributed by atoms with Gasteiger partial charge in [-0.05, 0) is 47.9 Å². The third-order valence-electron chi connectivity index (χ3n) is 4.25. The Morgan fingerprint density at radius 2 is 1.22 bits per heavy atom. The summed E-state index contributed by atoms with van der Waals surface area (Å²) in [4.78, 5) is 4.98. The van der Waals surface area contributed by atoms with Gasteiger partial charge in [-0.15, -0.1) is 0 Å². The van der Waals surface area contributed by atoms with Gasteiger partial charge in [-0.3, -0.25) is 0 Å². The highest BCUT2D eigenvalue weighted by Crippen LogP contribution is 2.51. The minimum absolute atomic E-state index is 0.556. The van der Waals surface area contributed by atoms with Crippen LogP contribution in [0.3, 0.4) is 0 Å². The third-order valence-corrected chi connectivity index (χ3v) is 5.38. The monoisotopic (exact) mass is 317 g/mol. The summed E-state index contributed by atoms with van der Waals surface area (Å²) >= 11 is 1.85. The number of anilines is 3. The predicted molar refractivity (Wildman–Crippen MR) is 99.3 cm³/mol. The van der Waals surface area contributed by atoms with E-state index in [0.29, 0.717) is 5.92 Å². The number of rotatable bonds is 2. The van der Waals surface area contributed by atoms with E-state index in [0.717, 1.165) is 0 Å². The largest absolute Gasteiger partial charge is 0.308 e. The zero-order valence-electron chi connectivity index (χ0n) is 13.4. The van der Waals surface area contributed by atoms with Crippen molar-refractivity contribution in [2.45, 2.75) is 29.6 Å². The van der Waals surface area contributed by atoms with E-state index in [1.807, 2.05) is 11.8 Å². The summed E-state index contributed by atoms with van der Waals surface area (Å²) in [5.74, 6) is 0.556. The Morgan fingerprint density at radius 1 is 0.696 bits per heavy atom. The maximum absolute atomic E-state index is 2.37. The summed E-state index contributed by atoms with van der Waals surface area (Å²) < 4.78 is 0. The van der Waals surface area contributed by atoms with Crippen molar-refractivity contribution in [2.24, 2.45) is 0 Å². The van der Waals surface area contributed by atoms with Gasteiger partial charge >= 0.3 is 0 Å². The first-order valence-corrected chi connectivity index (χ1v) is 8.82. The van der Waals surface area contributed by atoms with Gasteiger partial charge in [0, 0.05) is 15.5 Å². The van der Waals surface area contributed by atoms with E-state index in [2.05, 4.69) is 91.5 Å². The molecule has 0 saturated carbocycles. The molecule has 0 spiro atoms. The topological polar surface area (TPSA) is 3.24 Å². The lowest BCUT2D eigenvalue weighted by molar-refractivity contribution is 0.866. The van der Waals surface area contributed by atoms with Gasteiger partial charge in [-0.2, -0.15) is 0 Å². The third kappa shape index (κ3) is 2.53. The van der Waals surface area contributed by atoms with E-state index in [-0.39, 0.29) is 0 Å². The van der Waals surface area contributed by atoms with Crippen LogP contribution in [0.2, 0.25) is 0 Å². The Labute approximate surface area is 142 Å². The van der Waals surface area contributed by atoms with Crippen molar-refractivity contribution in [3.63, 3.8) is 0 Å². The molecule has 1 heterocycles. The van der Waals surface area contributed by atoms with Crippen LogP contribution in [0.5, 0.6) is 0 Å². The quantitative estimate of drug-likeness (QED) is 0.402. The fourth-order valence-electron chi connectivity index (χ4n) is 2.99. The Bertz CT molecular complexity index is 791. The standard InChI is InChI=1S/C21H19NS/c1-15(2)16-11-13-17(14-12-16)22-18-7-3-5-9-20(18)23-21-10-6-4-8-19(21)22/h3-15H,1-2H3. The molecule has 1 aliphatic rings. The van der Waals surface area contributed by atoms with E-state index < -0.39 is 0 Å². The van der Waals surface area contributed by atoms with E-state index >= 15 is 0 Å². The summed E-state index contributed by atoms with van der Waals surface area (Å²) in [7, 11) is 0. The van der Waals surface area contributed by atoms with Gasteiger partial charge in [0.25, 0.3) is 0 Å². The molecule has 4 rings (SSSR count). The second-order valence-electron chi connectivity index (χ2n) is 6.12. The second kappa shape index (κ2) is 5.78. The molecule has 1 nitrogen and oxygen atoms in total. The molecular formula is C21H19NS. The molecule has 0 fully saturated rings. The molecule has 1 aliphatic heterocycles. The maximum Gasteiger partial charge on any atom is 0.0601 e. The first kappa shape index (κ1) is 14.4. The van der Waals surface area contributed by atoms with Crippen LogP contribution in [-0.4, -0.2) is 0 Å². The second-order valence-corrected chi connectivity index (χ2v) is 7.20. The number of para-hydroxylation sites is 2. The minimum Gasteiger partial charge on any atom is -0.308 e. The first-order chi connectivity index (χ1) is 11.2. The van der Waals surface area contributed by atoms with Crippen molar-refractivity contribution in [3.8, 4) is 0 Å². The summed E-state index contributed by atoms with van der Waals surface area (Å²) in [5.41, 5.74) is 5.11.